The number of carbonyl (C=O) groups excluding carboxylic acids is 1. The first-order chi connectivity index (χ1) is 10.4. The van der Waals surface area contributed by atoms with Gasteiger partial charge in [0.15, 0.2) is 0 Å². The first-order valence-electron chi connectivity index (χ1n) is 7.33. The summed E-state index contributed by atoms with van der Waals surface area (Å²) >= 11 is 0. The van der Waals surface area contributed by atoms with Gasteiger partial charge in [0.25, 0.3) is 0 Å². The van der Waals surface area contributed by atoms with Gasteiger partial charge >= 0.3 is 6.09 Å². The smallest absolute Gasteiger partial charge is 0.407 e. The Morgan fingerprint density at radius 2 is 2.18 bits per heavy atom. The molecular formula is C15H19N3O4. The lowest BCUT2D eigenvalue weighted by Gasteiger charge is -2.16. The van der Waals surface area contributed by atoms with Crippen molar-refractivity contribution in [1.82, 2.24) is 14.8 Å². The second-order valence-electron chi connectivity index (χ2n) is 5.91. The monoisotopic (exact) mass is 305 g/mol. The highest BCUT2D eigenvalue weighted by molar-refractivity contribution is 5.74. The van der Waals surface area contributed by atoms with Crippen LogP contribution in [0.4, 0.5) is 4.79 Å². The van der Waals surface area contributed by atoms with E-state index < -0.39 is 6.09 Å². The van der Waals surface area contributed by atoms with Crippen LogP contribution in [0.15, 0.2) is 12.3 Å². The third-order valence-electron chi connectivity index (χ3n) is 4.27. The molecule has 0 unspecified atom stereocenters. The van der Waals surface area contributed by atoms with Crippen LogP contribution in [0.25, 0.3) is 0 Å². The van der Waals surface area contributed by atoms with Crippen LogP contribution in [0.1, 0.15) is 31.5 Å². The maximum Gasteiger partial charge on any atom is 0.407 e. The zero-order valence-corrected chi connectivity index (χ0v) is 12.7. The molecule has 1 N–H and O–H groups in total. The molecule has 1 fully saturated rings. The van der Waals surface area contributed by atoms with Gasteiger partial charge in [-0.15, -0.1) is 0 Å². The number of hydrogen-bond donors (Lipinski definition) is 1. The summed E-state index contributed by atoms with van der Waals surface area (Å²) in [5.74, 6) is 0.663. The molecule has 0 spiro atoms. The summed E-state index contributed by atoms with van der Waals surface area (Å²) < 4.78 is 5.88. The number of ether oxygens (including phenoxy) is 1. The summed E-state index contributed by atoms with van der Waals surface area (Å²) in [5.41, 5.74) is 1.89. The highest BCUT2D eigenvalue weighted by atomic mass is 16.5. The lowest BCUT2D eigenvalue weighted by atomic mass is 10.2. The van der Waals surface area contributed by atoms with Crippen LogP contribution in [-0.2, 0) is 17.9 Å². The topological polar surface area (TPSA) is 83.0 Å². The number of nitrogens with zero attached hydrogens (tertiary/aromatic N) is 3. The van der Waals surface area contributed by atoms with E-state index in [1.807, 2.05) is 13.0 Å². The summed E-state index contributed by atoms with van der Waals surface area (Å²) in [5, 5.41) is 9.10. The number of likely N-dealkylation sites (tertiary alicyclic amines) is 1. The molecule has 2 aliphatic rings. The van der Waals surface area contributed by atoms with Gasteiger partial charge in [-0.3, -0.25) is 9.78 Å². The van der Waals surface area contributed by atoms with Crippen molar-refractivity contribution < 1.29 is 19.4 Å². The molecule has 2 aliphatic heterocycles. The van der Waals surface area contributed by atoms with Gasteiger partial charge in [-0.1, -0.05) is 0 Å². The number of carboxylic acid groups (broad SMARTS) is 1. The average Bonchev–Trinajstić information content (AvgIpc) is 3.02. The van der Waals surface area contributed by atoms with Gasteiger partial charge in [-0.25, -0.2) is 4.79 Å². The molecule has 0 aromatic carbocycles. The molecule has 0 bridgehead atoms. The number of aromatic nitrogens is 1. The number of carbonyl (C=O) groups is 2. The summed E-state index contributed by atoms with van der Waals surface area (Å²) in [4.78, 5) is 30.0. The quantitative estimate of drug-likeness (QED) is 0.894. The lowest BCUT2D eigenvalue weighted by molar-refractivity contribution is -0.129. The standard InChI is InChI=1S/C15H19N3O4/c1-9-3-13(7-18(9)15(20)21)22-12-4-11-6-17(10(2)19)8-14(11)16-5-12/h4-5,9,13H,3,6-8H2,1-2H3,(H,20,21)/t9-,13+/m0/s1. The molecule has 1 saturated heterocycles. The molecule has 22 heavy (non-hydrogen) atoms. The summed E-state index contributed by atoms with van der Waals surface area (Å²) in [7, 11) is 0. The molecule has 0 aliphatic carbocycles. The van der Waals surface area contributed by atoms with E-state index in [4.69, 9.17) is 9.84 Å². The number of fused-ring (bicyclic) bond motifs is 1. The van der Waals surface area contributed by atoms with E-state index >= 15 is 0 Å². The largest absolute Gasteiger partial charge is 0.487 e. The van der Waals surface area contributed by atoms with E-state index in [2.05, 4.69) is 4.98 Å². The fourth-order valence-corrected chi connectivity index (χ4v) is 3.05. The van der Waals surface area contributed by atoms with Crippen LogP contribution in [-0.4, -0.2) is 50.6 Å². The van der Waals surface area contributed by atoms with Crippen molar-refractivity contribution in [2.75, 3.05) is 6.54 Å². The summed E-state index contributed by atoms with van der Waals surface area (Å²) in [6.07, 6.45) is 1.25. The highest BCUT2D eigenvalue weighted by Gasteiger charge is 2.34. The molecule has 118 valence electrons. The van der Waals surface area contributed by atoms with E-state index in [-0.39, 0.29) is 18.1 Å². The first kappa shape index (κ1) is 14.6. The van der Waals surface area contributed by atoms with E-state index in [1.165, 1.54) is 4.90 Å². The predicted molar refractivity (Wildman–Crippen MR) is 77.4 cm³/mol. The Hall–Kier alpha value is -2.31. The maximum absolute atomic E-state index is 11.4. The molecule has 0 radical (unpaired) electrons. The minimum absolute atomic E-state index is 0.0298. The van der Waals surface area contributed by atoms with Gasteiger partial charge in [0, 0.05) is 25.9 Å². The molecule has 0 saturated carbocycles. The van der Waals surface area contributed by atoms with Crippen molar-refractivity contribution in [2.45, 2.75) is 45.5 Å². The Morgan fingerprint density at radius 1 is 1.41 bits per heavy atom. The number of hydrogen-bond acceptors (Lipinski definition) is 4. The lowest BCUT2D eigenvalue weighted by Crippen LogP contribution is -2.33. The van der Waals surface area contributed by atoms with E-state index in [9.17, 15) is 9.59 Å². The Bertz CT molecular complexity index is 619. The third-order valence-corrected chi connectivity index (χ3v) is 4.27. The van der Waals surface area contributed by atoms with Crippen LogP contribution >= 0.6 is 0 Å². The zero-order valence-electron chi connectivity index (χ0n) is 12.7. The van der Waals surface area contributed by atoms with Gasteiger partial charge in [-0.05, 0) is 18.6 Å². The minimum atomic E-state index is -0.914. The second kappa shape index (κ2) is 5.47. The van der Waals surface area contributed by atoms with Crippen molar-refractivity contribution in [2.24, 2.45) is 0 Å². The molecule has 1 aromatic rings. The number of amides is 2. The molecular weight excluding hydrogens is 286 g/mol. The zero-order chi connectivity index (χ0) is 15.9. The molecule has 2 amide bonds. The van der Waals surface area contributed by atoms with E-state index in [1.54, 1.807) is 18.0 Å². The average molecular weight is 305 g/mol. The van der Waals surface area contributed by atoms with Crippen molar-refractivity contribution in [3.05, 3.63) is 23.5 Å². The van der Waals surface area contributed by atoms with Crippen molar-refractivity contribution >= 4 is 12.0 Å². The molecule has 2 atom stereocenters. The van der Waals surface area contributed by atoms with Gasteiger partial charge < -0.3 is 19.6 Å². The van der Waals surface area contributed by atoms with Crippen LogP contribution in [0.3, 0.4) is 0 Å². The van der Waals surface area contributed by atoms with Crippen molar-refractivity contribution in [3.8, 4) is 5.75 Å². The van der Waals surface area contributed by atoms with Gasteiger partial charge in [-0.2, -0.15) is 0 Å². The number of rotatable bonds is 2. The predicted octanol–water partition coefficient (Wildman–Crippen LogP) is 1.46. The molecule has 7 nitrogen and oxygen atoms in total. The fourth-order valence-electron chi connectivity index (χ4n) is 3.05. The Kier molecular flexibility index (Phi) is 3.64. The van der Waals surface area contributed by atoms with E-state index in [0.29, 0.717) is 31.8 Å². The maximum atomic E-state index is 11.4. The summed E-state index contributed by atoms with van der Waals surface area (Å²) in [6.45, 7) is 4.88. The van der Waals surface area contributed by atoms with Crippen molar-refractivity contribution in [3.63, 3.8) is 0 Å². The van der Waals surface area contributed by atoms with Gasteiger partial charge in [0.2, 0.25) is 5.91 Å². The normalized spacial score (nSPS) is 23.5. The Labute approximate surface area is 128 Å². The SMILES string of the molecule is CC(=O)N1Cc2cc(O[C@@H]3C[C@H](C)N(C(=O)O)C3)cnc2C1. The van der Waals surface area contributed by atoms with E-state index in [0.717, 1.165) is 11.3 Å². The Balaban J connectivity index is 1.67. The molecule has 3 rings (SSSR count). The van der Waals surface area contributed by atoms with Crippen LogP contribution < -0.4 is 4.74 Å². The Morgan fingerprint density at radius 3 is 2.82 bits per heavy atom. The minimum Gasteiger partial charge on any atom is -0.487 e. The van der Waals surface area contributed by atoms with Crippen molar-refractivity contribution in [1.29, 1.82) is 0 Å². The fraction of sp³-hybridized carbons (Fsp3) is 0.533. The first-order valence-corrected chi connectivity index (χ1v) is 7.33. The molecule has 1 aromatic heterocycles. The van der Waals surface area contributed by atoms with Crippen LogP contribution in [0.2, 0.25) is 0 Å². The number of pyridine rings is 1. The second-order valence-corrected chi connectivity index (χ2v) is 5.91. The van der Waals surface area contributed by atoms with Crippen LogP contribution in [0, 0.1) is 0 Å². The van der Waals surface area contributed by atoms with Gasteiger partial charge in [0.05, 0.1) is 25.0 Å². The van der Waals surface area contributed by atoms with Gasteiger partial charge in [0.1, 0.15) is 11.9 Å². The molecule has 7 heteroatoms. The third kappa shape index (κ3) is 2.70. The molecule has 3 heterocycles. The summed E-state index contributed by atoms with van der Waals surface area (Å²) in [6, 6.07) is 1.86. The highest BCUT2D eigenvalue weighted by Crippen LogP contribution is 2.27. The van der Waals surface area contributed by atoms with Crippen LogP contribution in [0.5, 0.6) is 5.75 Å².